The standard InChI is InChI=1S/C19H13F3N2O3/c20-19(21,22)14-5-2-6-15(9-14)24-17(25)12-4-1-3-11(7-12)13-8-16(18(26)27)23-10-13/h1-10,23H,(H,24,25)(H,26,27). The number of amides is 1. The van der Waals surface area contributed by atoms with Crippen molar-refractivity contribution in [3.05, 3.63) is 77.6 Å². The zero-order valence-corrected chi connectivity index (χ0v) is 13.7. The summed E-state index contributed by atoms with van der Waals surface area (Å²) in [4.78, 5) is 25.9. The van der Waals surface area contributed by atoms with Crippen LogP contribution < -0.4 is 5.32 Å². The van der Waals surface area contributed by atoms with Crippen LogP contribution in [0.3, 0.4) is 0 Å². The molecule has 1 aromatic heterocycles. The maximum absolute atomic E-state index is 12.8. The molecule has 0 radical (unpaired) electrons. The highest BCUT2D eigenvalue weighted by Gasteiger charge is 2.30. The zero-order valence-electron chi connectivity index (χ0n) is 13.7. The molecule has 0 aliphatic rings. The van der Waals surface area contributed by atoms with Gasteiger partial charge in [0.2, 0.25) is 0 Å². The van der Waals surface area contributed by atoms with Crippen molar-refractivity contribution in [2.45, 2.75) is 6.18 Å². The van der Waals surface area contributed by atoms with E-state index >= 15 is 0 Å². The summed E-state index contributed by atoms with van der Waals surface area (Å²) in [6.07, 6.45) is -3.01. The van der Waals surface area contributed by atoms with Gasteiger partial charge in [-0.05, 0) is 42.0 Å². The Morgan fingerprint density at radius 2 is 1.70 bits per heavy atom. The van der Waals surface area contributed by atoms with Crippen molar-refractivity contribution in [1.29, 1.82) is 0 Å². The Balaban J connectivity index is 1.82. The van der Waals surface area contributed by atoms with Gasteiger partial charge in [0.25, 0.3) is 5.91 Å². The monoisotopic (exact) mass is 374 g/mol. The topological polar surface area (TPSA) is 82.2 Å². The van der Waals surface area contributed by atoms with Gasteiger partial charge in [-0.3, -0.25) is 4.79 Å². The summed E-state index contributed by atoms with van der Waals surface area (Å²) < 4.78 is 38.3. The molecule has 0 atom stereocenters. The van der Waals surface area contributed by atoms with Crippen LogP contribution in [-0.4, -0.2) is 22.0 Å². The van der Waals surface area contributed by atoms with Crippen LogP contribution in [0.5, 0.6) is 0 Å². The van der Waals surface area contributed by atoms with Gasteiger partial charge < -0.3 is 15.4 Å². The molecule has 5 nitrogen and oxygen atoms in total. The number of hydrogen-bond acceptors (Lipinski definition) is 2. The van der Waals surface area contributed by atoms with Gasteiger partial charge in [0.1, 0.15) is 5.69 Å². The van der Waals surface area contributed by atoms with Crippen LogP contribution in [0, 0.1) is 0 Å². The number of halogens is 3. The van der Waals surface area contributed by atoms with E-state index < -0.39 is 23.6 Å². The van der Waals surface area contributed by atoms with E-state index in [1.165, 1.54) is 36.5 Å². The molecule has 1 heterocycles. The van der Waals surface area contributed by atoms with Crippen LogP contribution in [0.4, 0.5) is 18.9 Å². The summed E-state index contributed by atoms with van der Waals surface area (Å²) in [7, 11) is 0. The van der Waals surface area contributed by atoms with E-state index in [-0.39, 0.29) is 16.9 Å². The summed E-state index contributed by atoms with van der Waals surface area (Å²) in [6.45, 7) is 0. The molecule has 3 aromatic rings. The fourth-order valence-corrected chi connectivity index (χ4v) is 2.50. The Morgan fingerprint density at radius 1 is 0.963 bits per heavy atom. The molecular formula is C19H13F3N2O3. The predicted molar refractivity (Wildman–Crippen MR) is 92.6 cm³/mol. The Labute approximate surface area is 151 Å². The molecule has 1 amide bonds. The second kappa shape index (κ2) is 6.99. The van der Waals surface area contributed by atoms with E-state index in [1.807, 2.05) is 0 Å². The number of benzene rings is 2. The number of anilines is 1. The number of carbonyl (C=O) groups excluding carboxylic acids is 1. The number of nitrogens with one attached hydrogen (secondary N) is 2. The number of carboxylic acids is 1. The number of aromatic nitrogens is 1. The first-order chi connectivity index (χ1) is 12.7. The average molecular weight is 374 g/mol. The van der Waals surface area contributed by atoms with Crippen molar-refractivity contribution in [2.24, 2.45) is 0 Å². The van der Waals surface area contributed by atoms with Crippen LogP contribution in [0.15, 0.2) is 60.8 Å². The van der Waals surface area contributed by atoms with E-state index in [0.29, 0.717) is 11.1 Å². The van der Waals surface area contributed by atoms with Crippen molar-refractivity contribution in [3.63, 3.8) is 0 Å². The van der Waals surface area contributed by atoms with E-state index in [9.17, 15) is 22.8 Å². The lowest BCUT2D eigenvalue weighted by Gasteiger charge is -2.10. The molecule has 0 saturated carbocycles. The van der Waals surface area contributed by atoms with Gasteiger partial charge >= 0.3 is 12.1 Å². The van der Waals surface area contributed by atoms with Gasteiger partial charge in [-0.25, -0.2) is 4.79 Å². The maximum atomic E-state index is 12.8. The molecule has 3 N–H and O–H groups in total. The first-order valence-corrected chi connectivity index (χ1v) is 7.75. The average Bonchev–Trinajstić information content (AvgIpc) is 3.12. The minimum Gasteiger partial charge on any atom is -0.477 e. The lowest BCUT2D eigenvalue weighted by atomic mass is 10.0. The molecule has 2 aromatic carbocycles. The molecule has 0 fully saturated rings. The number of alkyl halides is 3. The number of hydrogen-bond donors (Lipinski definition) is 3. The predicted octanol–water partition coefficient (Wildman–Crippen LogP) is 4.65. The quantitative estimate of drug-likeness (QED) is 0.622. The second-order valence-electron chi connectivity index (χ2n) is 5.72. The Bertz CT molecular complexity index is 1010. The molecule has 0 aliphatic heterocycles. The minimum absolute atomic E-state index is 0.00354. The van der Waals surface area contributed by atoms with Crippen molar-refractivity contribution in [1.82, 2.24) is 4.98 Å². The number of carboxylic acid groups (broad SMARTS) is 1. The van der Waals surface area contributed by atoms with Crippen LogP contribution in [-0.2, 0) is 6.18 Å². The fourth-order valence-electron chi connectivity index (χ4n) is 2.50. The van der Waals surface area contributed by atoms with Crippen molar-refractivity contribution in [2.75, 3.05) is 5.32 Å². The zero-order chi connectivity index (χ0) is 19.6. The smallest absolute Gasteiger partial charge is 0.416 e. The first kappa shape index (κ1) is 18.2. The number of rotatable bonds is 4. The third kappa shape index (κ3) is 4.17. The molecule has 27 heavy (non-hydrogen) atoms. The van der Waals surface area contributed by atoms with Crippen molar-refractivity contribution >= 4 is 17.6 Å². The molecule has 3 rings (SSSR count). The van der Waals surface area contributed by atoms with E-state index in [4.69, 9.17) is 5.11 Å². The van der Waals surface area contributed by atoms with Crippen molar-refractivity contribution in [3.8, 4) is 11.1 Å². The van der Waals surface area contributed by atoms with Crippen LogP contribution in [0.1, 0.15) is 26.4 Å². The first-order valence-electron chi connectivity index (χ1n) is 7.75. The molecule has 8 heteroatoms. The Hall–Kier alpha value is -3.55. The van der Waals surface area contributed by atoms with E-state index in [2.05, 4.69) is 10.3 Å². The van der Waals surface area contributed by atoms with E-state index in [1.54, 1.807) is 12.1 Å². The molecular weight excluding hydrogens is 361 g/mol. The Morgan fingerprint density at radius 3 is 2.37 bits per heavy atom. The summed E-state index contributed by atoms with van der Waals surface area (Å²) in [5, 5.41) is 11.4. The highest BCUT2D eigenvalue weighted by atomic mass is 19.4. The number of aromatic carboxylic acids is 1. The molecule has 0 saturated heterocycles. The summed E-state index contributed by atoms with van der Waals surface area (Å²) >= 11 is 0. The van der Waals surface area contributed by atoms with Gasteiger partial charge in [0.15, 0.2) is 0 Å². The van der Waals surface area contributed by atoms with Gasteiger partial charge in [-0.1, -0.05) is 18.2 Å². The van der Waals surface area contributed by atoms with Crippen LogP contribution in [0.2, 0.25) is 0 Å². The number of aromatic amines is 1. The number of carbonyl (C=O) groups is 2. The normalized spacial score (nSPS) is 11.2. The molecule has 0 unspecified atom stereocenters. The van der Waals surface area contributed by atoms with Crippen molar-refractivity contribution < 1.29 is 27.9 Å². The lowest BCUT2D eigenvalue weighted by molar-refractivity contribution is -0.137. The SMILES string of the molecule is O=C(Nc1cccc(C(F)(F)F)c1)c1cccc(-c2c[nH]c(C(=O)O)c2)c1. The highest BCUT2D eigenvalue weighted by molar-refractivity contribution is 6.05. The largest absolute Gasteiger partial charge is 0.477 e. The lowest BCUT2D eigenvalue weighted by Crippen LogP contribution is -2.13. The van der Waals surface area contributed by atoms with E-state index in [0.717, 1.165) is 12.1 Å². The fraction of sp³-hybridized carbons (Fsp3) is 0.0526. The van der Waals surface area contributed by atoms with Crippen LogP contribution >= 0.6 is 0 Å². The third-order valence-corrected chi connectivity index (χ3v) is 3.82. The number of H-pyrrole nitrogens is 1. The third-order valence-electron chi connectivity index (χ3n) is 3.82. The van der Waals surface area contributed by atoms with Crippen LogP contribution in [0.25, 0.3) is 11.1 Å². The van der Waals surface area contributed by atoms with Gasteiger partial charge in [-0.2, -0.15) is 13.2 Å². The van der Waals surface area contributed by atoms with Gasteiger partial charge in [-0.15, -0.1) is 0 Å². The molecule has 0 spiro atoms. The minimum atomic E-state index is -4.50. The maximum Gasteiger partial charge on any atom is 0.416 e. The summed E-state index contributed by atoms with van der Waals surface area (Å²) in [6, 6.07) is 12.1. The summed E-state index contributed by atoms with van der Waals surface area (Å²) in [5.41, 5.74) is 0.556. The Kier molecular flexibility index (Phi) is 4.72. The molecule has 0 bridgehead atoms. The molecule has 0 aliphatic carbocycles. The second-order valence-corrected chi connectivity index (χ2v) is 5.72. The molecule has 138 valence electrons. The highest BCUT2D eigenvalue weighted by Crippen LogP contribution is 2.31. The summed E-state index contributed by atoms with van der Waals surface area (Å²) in [5.74, 6) is -1.69. The van der Waals surface area contributed by atoms with Gasteiger partial charge in [0, 0.05) is 23.0 Å². The van der Waals surface area contributed by atoms with Gasteiger partial charge in [0.05, 0.1) is 5.56 Å².